The number of hydrogen-bond acceptors (Lipinski definition) is 2. The van der Waals surface area contributed by atoms with Gasteiger partial charge >= 0.3 is 0 Å². The molecule has 1 atom stereocenters. The smallest absolute Gasteiger partial charge is 0.101 e. The Morgan fingerprint density at radius 2 is 2.08 bits per heavy atom. The van der Waals surface area contributed by atoms with Crippen LogP contribution in [-0.4, -0.2) is 0 Å². The van der Waals surface area contributed by atoms with Crippen molar-refractivity contribution in [1.29, 1.82) is 0 Å². The molecule has 0 fully saturated rings. The molecule has 0 amide bonds. The van der Waals surface area contributed by atoms with Gasteiger partial charge in [0.2, 0.25) is 0 Å². The molecule has 0 radical (unpaired) electrons. The van der Waals surface area contributed by atoms with E-state index in [0.717, 1.165) is 5.70 Å². The van der Waals surface area contributed by atoms with E-state index in [9.17, 15) is 0 Å². The summed E-state index contributed by atoms with van der Waals surface area (Å²) in [4.78, 5) is 0. The molecule has 1 unspecified atom stereocenters. The molecule has 1 heterocycles. The maximum absolute atomic E-state index is 5.88. The van der Waals surface area contributed by atoms with Gasteiger partial charge in [0.25, 0.3) is 0 Å². The number of rotatable bonds is 0. The molecule has 0 aromatic heterocycles. The molecule has 0 saturated heterocycles. The second kappa shape index (κ2) is 2.64. The van der Waals surface area contributed by atoms with Crippen LogP contribution in [0.25, 0.3) is 6.08 Å². The zero-order valence-corrected chi connectivity index (χ0v) is 7.04. The molecule has 1 aliphatic heterocycles. The van der Waals surface area contributed by atoms with Gasteiger partial charge in [-0.05, 0) is 24.1 Å². The lowest BCUT2D eigenvalue weighted by Gasteiger charge is -2.22. The first-order valence-electron chi connectivity index (χ1n) is 4.07. The maximum atomic E-state index is 5.88. The molecule has 1 aliphatic rings. The minimum atomic E-state index is -0.0498. The Hall–Kier alpha value is -1.28. The summed E-state index contributed by atoms with van der Waals surface area (Å²) in [5.74, 6) is 0. The molecular formula is C10H12N2. The predicted octanol–water partition coefficient (Wildman–Crippen LogP) is 1.61. The van der Waals surface area contributed by atoms with E-state index in [1.54, 1.807) is 0 Å². The van der Waals surface area contributed by atoms with Gasteiger partial charge in [-0.1, -0.05) is 24.3 Å². The molecule has 62 valence electrons. The Morgan fingerprint density at radius 1 is 1.33 bits per heavy atom. The van der Waals surface area contributed by atoms with E-state index in [2.05, 4.69) is 23.5 Å². The van der Waals surface area contributed by atoms with Crippen LogP contribution in [0.2, 0.25) is 0 Å². The molecule has 0 aliphatic carbocycles. The average Bonchev–Trinajstić information content (AvgIpc) is 2.04. The van der Waals surface area contributed by atoms with Gasteiger partial charge in [0.1, 0.15) is 6.17 Å². The quantitative estimate of drug-likeness (QED) is 0.605. The van der Waals surface area contributed by atoms with Crippen molar-refractivity contribution in [3.05, 3.63) is 41.1 Å². The van der Waals surface area contributed by atoms with Crippen molar-refractivity contribution in [2.45, 2.75) is 13.1 Å². The fraction of sp³-hybridized carbons (Fsp3) is 0.200. The summed E-state index contributed by atoms with van der Waals surface area (Å²) in [6, 6.07) is 8.17. The van der Waals surface area contributed by atoms with Gasteiger partial charge in [-0.15, -0.1) is 0 Å². The van der Waals surface area contributed by atoms with Gasteiger partial charge < -0.3 is 11.1 Å². The summed E-state index contributed by atoms with van der Waals surface area (Å²) in [6.45, 7) is 2.02. The summed E-state index contributed by atoms with van der Waals surface area (Å²) in [5, 5.41) is 3.17. The molecule has 2 nitrogen and oxygen atoms in total. The van der Waals surface area contributed by atoms with Crippen molar-refractivity contribution in [3.8, 4) is 0 Å². The number of nitrogens with one attached hydrogen (secondary N) is 1. The fourth-order valence-corrected chi connectivity index (χ4v) is 1.52. The van der Waals surface area contributed by atoms with Crippen LogP contribution in [0.5, 0.6) is 0 Å². The van der Waals surface area contributed by atoms with E-state index >= 15 is 0 Å². The second-order valence-electron chi connectivity index (χ2n) is 3.08. The van der Waals surface area contributed by atoms with Crippen LogP contribution in [0.3, 0.4) is 0 Å². The topological polar surface area (TPSA) is 38.0 Å². The van der Waals surface area contributed by atoms with E-state index in [-0.39, 0.29) is 6.17 Å². The largest absolute Gasteiger partial charge is 0.370 e. The zero-order valence-electron chi connectivity index (χ0n) is 7.04. The number of hydrogen-bond donors (Lipinski definition) is 2. The highest BCUT2D eigenvalue weighted by Gasteiger charge is 2.13. The summed E-state index contributed by atoms with van der Waals surface area (Å²) in [7, 11) is 0. The van der Waals surface area contributed by atoms with Crippen LogP contribution in [0.1, 0.15) is 24.2 Å². The normalized spacial score (nSPS) is 20.8. The maximum Gasteiger partial charge on any atom is 0.101 e. The molecule has 3 N–H and O–H groups in total. The highest BCUT2D eigenvalue weighted by atomic mass is 15.0. The van der Waals surface area contributed by atoms with Gasteiger partial charge in [0, 0.05) is 5.70 Å². The monoisotopic (exact) mass is 160 g/mol. The zero-order chi connectivity index (χ0) is 8.55. The molecule has 1 aromatic rings. The Labute approximate surface area is 72.1 Å². The third-order valence-electron chi connectivity index (χ3n) is 2.09. The lowest BCUT2D eigenvalue weighted by Crippen LogP contribution is -2.30. The standard InChI is InChI=1S/C10H12N2/c1-7-6-8-4-2-3-5-9(8)10(11)12-7/h2-6,10,12H,11H2,1H3. The van der Waals surface area contributed by atoms with Crippen molar-refractivity contribution in [1.82, 2.24) is 5.32 Å². The lowest BCUT2D eigenvalue weighted by molar-refractivity contribution is 0.618. The number of fused-ring (bicyclic) bond motifs is 1. The van der Waals surface area contributed by atoms with Crippen molar-refractivity contribution >= 4 is 6.08 Å². The minimum Gasteiger partial charge on any atom is -0.370 e. The highest BCUT2D eigenvalue weighted by molar-refractivity contribution is 5.59. The van der Waals surface area contributed by atoms with Crippen LogP contribution in [0.4, 0.5) is 0 Å². The average molecular weight is 160 g/mol. The third-order valence-corrected chi connectivity index (χ3v) is 2.09. The van der Waals surface area contributed by atoms with Gasteiger partial charge in [-0.3, -0.25) is 0 Å². The van der Waals surface area contributed by atoms with Crippen LogP contribution >= 0.6 is 0 Å². The Kier molecular flexibility index (Phi) is 1.62. The molecular weight excluding hydrogens is 148 g/mol. The van der Waals surface area contributed by atoms with Gasteiger partial charge in [-0.2, -0.15) is 0 Å². The van der Waals surface area contributed by atoms with Crippen molar-refractivity contribution in [2.24, 2.45) is 5.73 Å². The van der Waals surface area contributed by atoms with Crippen LogP contribution < -0.4 is 11.1 Å². The van der Waals surface area contributed by atoms with Gasteiger partial charge in [0.15, 0.2) is 0 Å². The van der Waals surface area contributed by atoms with Gasteiger partial charge in [0.05, 0.1) is 0 Å². The van der Waals surface area contributed by atoms with E-state index in [0.29, 0.717) is 0 Å². The molecule has 0 bridgehead atoms. The first-order valence-corrected chi connectivity index (χ1v) is 4.07. The van der Waals surface area contributed by atoms with E-state index in [1.807, 2.05) is 19.1 Å². The predicted molar refractivity (Wildman–Crippen MR) is 50.2 cm³/mol. The molecule has 2 heteroatoms. The van der Waals surface area contributed by atoms with E-state index in [4.69, 9.17) is 5.73 Å². The van der Waals surface area contributed by atoms with Crippen molar-refractivity contribution in [3.63, 3.8) is 0 Å². The molecule has 12 heavy (non-hydrogen) atoms. The first-order chi connectivity index (χ1) is 5.77. The lowest BCUT2D eigenvalue weighted by atomic mass is 10.0. The molecule has 0 saturated carbocycles. The van der Waals surface area contributed by atoms with Crippen LogP contribution in [0, 0.1) is 0 Å². The summed E-state index contributed by atoms with van der Waals surface area (Å²) in [5.41, 5.74) is 9.40. The van der Waals surface area contributed by atoms with Gasteiger partial charge in [-0.25, -0.2) is 0 Å². The molecule has 0 spiro atoms. The second-order valence-corrected chi connectivity index (χ2v) is 3.08. The Bertz CT molecular complexity index is 328. The molecule has 1 aromatic carbocycles. The summed E-state index contributed by atoms with van der Waals surface area (Å²) < 4.78 is 0. The Morgan fingerprint density at radius 3 is 2.92 bits per heavy atom. The molecule has 2 rings (SSSR count). The van der Waals surface area contributed by atoms with Crippen LogP contribution in [0.15, 0.2) is 30.0 Å². The minimum absolute atomic E-state index is 0.0498. The number of benzene rings is 1. The Balaban J connectivity index is 2.55. The van der Waals surface area contributed by atoms with E-state index < -0.39 is 0 Å². The summed E-state index contributed by atoms with van der Waals surface area (Å²) >= 11 is 0. The van der Waals surface area contributed by atoms with E-state index in [1.165, 1.54) is 11.1 Å². The highest BCUT2D eigenvalue weighted by Crippen LogP contribution is 2.21. The number of nitrogens with two attached hydrogens (primary N) is 1. The number of allylic oxidation sites excluding steroid dienone is 1. The third kappa shape index (κ3) is 1.10. The summed E-state index contributed by atoms with van der Waals surface area (Å²) in [6.07, 6.45) is 2.06. The fourth-order valence-electron chi connectivity index (χ4n) is 1.52. The first kappa shape index (κ1) is 7.37. The van der Waals surface area contributed by atoms with Crippen molar-refractivity contribution < 1.29 is 0 Å². The van der Waals surface area contributed by atoms with Crippen molar-refractivity contribution in [2.75, 3.05) is 0 Å². The SMILES string of the molecule is CC1=Cc2ccccc2C(N)N1. The van der Waals surface area contributed by atoms with Crippen LogP contribution in [-0.2, 0) is 0 Å².